The molecule has 0 spiro atoms. The number of alkyl halides is 1. The molecule has 4 bridgehead atoms. The van der Waals surface area contributed by atoms with Crippen molar-refractivity contribution in [2.45, 2.75) is 95.7 Å². The SMILES string of the molecule is CCOc1ncc(-c2cccc(C(NC(=O)C34CC(C3)C4)C34CCC(c5noc(C(C)C)n5)(CC3)CC4F)c2)cn1. The van der Waals surface area contributed by atoms with Crippen LogP contribution in [0.5, 0.6) is 6.01 Å². The number of nitrogens with zero attached hydrogens (tertiary/aromatic N) is 4. The van der Waals surface area contributed by atoms with Crippen LogP contribution in [0.15, 0.2) is 41.2 Å². The Balaban J connectivity index is 1.21. The monoisotopic (exact) mass is 559 g/mol. The van der Waals surface area contributed by atoms with Crippen LogP contribution in [-0.4, -0.2) is 38.8 Å². The highest BCUT2D eigenvalue weighted by Crippen LogP contribution is 2.66. The van der Waals surface area contributed by atoms with Gasteiger partial charge >= 0.3 is 6.01 Å². The third-order valence-electron chi connectivity index (χ3n) is 10.6. The number of carbonyl (C=O) groups is 1. The normalized spacial score (nSPS) is 32.2. The van der Waals surface area contributed by atoms with Gasteiger partial charge in [0.15, 0.2) is 5.82 Å². The molecule has 0 aliphatic heterocycles. The lowest BCUT2D eigenvalue weighted by Gasteiger charge is -2.61. The summed E-state index contributed by atoms with van der Waals surface area (Å²) in [5.41, 5.74) is 1.34. The first-order valence-electron chi connectivity index (χ1n) is 15.1. The lowest BCUT2D eigenvalue weighted by molar-refractivity contribution is -0.169. The first-order chi connectivity index (χ1) is 19.8. The number of nitrogens with one attached hydrogen (secondary N) is 1. The number of hydrogen-bond acceptors (Lipinski definition) is 7. The van der Waals surface area contributed by atoms with Crippen molar-refractivity contribution in [1.82, 2.24) is 25.4 Å². The molecular formula is C32H38FN5O3. The van der Waals surface area contributed by atoms with Crippen LogP contribution in [0.25, 0.3) is 11.1 Å². The molecule has 3 aromatic rings. The molecule has 6 fully saturated rings. The summed E-state index contributed by atoms with van der Waals surface area (Å²) < 4.78 is 27.6. The zero-order chi connectivity index (χ0) is 28.4. The predicted octanol–water partition coefficient (Wildman–Crippen LogP) is 6.25. The van der Waals surface area contributed by atoms with E-state index < -0.39 is 23.0 Å². The fourth-order valence-electron chi connectivity index (χ4n) is 7.89. The number of amides is 1. The molecule has 0 radical (unpaired) electrons. The summed E-state index contributed by atoms with van der Waals surface area (Å²) in [5.74, 6) is 2.15. The van der Waals surface area contributed by atoms with E-state index in [2.05, 4.69) is 26.5 Å². The van der Waals surface area contributed by atoms with Crippen molar-refractivity contribution in [1.29, 1.82) is 0 Å². The number of hydrogen-bond donors (Lipinski definition) is 1. The van der Waals surface area contributed by atoms with Crippen LogP contribution >= 0.6 is 0 Å². The van der Waals surface area contributed by atoms with E-state index in [9.17, 15) is 4.79 Å². The van der Waals surface area contributed by atoms with Crippen LogP contribution in [0.4, 0.5) is 4.39 Å². The van der Waals surface area contributed by atoms with Crippen LogP contribution in [0, 0.1) is 16.7 Å². The Kier molecular flexibility index (Phi) is 6.21. The zero-order valence-electron chi connectivity index (χ0n) is 24.0. The lowest BCUT2D eigenvalue weighted by atomic mass is 9.44. The Morgan fingerprint density at radius 3 is 2.41 bits per heavy atom. The van der Waals surface area contributed by atoms with Crippen molar-refractivity contribution >= 4 is 5.91 Å². The van der Waals surface area contributed by atoms with Crippen LogP contribution in [0.3, 0.4) is 0 Å². The average Bonchev–Trinajstić information content (AvgIpc) is 3.43. The largest absolute Gasteiger partial charge is 0.464 e. The number of rotatable bonds is 9. The summed E-state index contributed by atoms with van der Waals surface area (Å²) in [6.07, 6.45) is 8.45. The van der Waals surface area contributed by atoms with E-state index in [1.165, 1.54) is 0 Å². The van der Waals surface area contributed by atoms with Crippen molar-refractivity contribution < 1.29 is 18.4 Å². The molecule has 6 aliphatic carbocycles. The molecular weight excluding hydrogens is 521 g/mol. The van der Waals surface area contributed by atoms with Gasteiger partial charge in [-0.2, -0.15) is 4.98 Å². The van der Waals surface area contributed by atoms with Crippen LogP contribution in [-0.2, 0) is 10.2 Å². The van der Waals surface area contributed by atoms with E-state index in [0.717, 1.165) is 48.8 Å². The summed E-state index contributed by atoms with van der Waals surface area (Å²) >= 11 is 0. The van der Waals surface area contributed by atoms with Crippen LogP contribution < -0.4 is 10.1 Å². The van der Waals surface area contributed by atoms with Crippen molar-refractivity contribution in [3.63, 3.8) is 0 Å². The minimum atomic E-state index is -1.11. The molecule has 1 aromatic carbocycles. The summed E-state index contributed by atoms with van der Waals surface area (Å²) in [4.78, 5) is 27.0. The van der Waals surface area contributed by atoms with E-state index in [4.69, 9.17) is 14.2 Å². The molecule has 6 saturated carbocycles. The molecule has 41 heavy (non-hydrogen) atoms. The van der Waals surface area contributed by atoms with Gasteiger partial charge in [-0.05, 0) is 81.4 Å². The molecule has 9 heteroatoms. The second kappa shape index (κ2) is 9.60. The maximum Gasteiger partial charge on any atom is 0.316 e. The molecule has 1 N–H and O–H groups in total. The van der Waals surface area contributed by atoms with Gasteiger partial charge in [0.1, 0.15) is 6.17 Å². The second-order valence-corrected chi connectivity index (χ2v) is 13.3. The van der Waals surface area contributed by atoms with Crippen molar-refractivity contribution in [2.75, 3.05) is 6.61 Å². The maximum absolute atomic E-state index is 16.7. The second-order valence-electron chi connectivity index (χ2n) is 13.3. The number of carbonyl (C=O) groups excluding carboxylic acids is 1. The van der Waals surface area contributed by atoms with Crippen molar-refractivity contribution in [3.8, 4) is 17.1 Å². The third-order valence-corrected chi connectivity index (χ3v) is 10.6. The molecule has 9 rings (SSSR count). The Hall–Kier alpha value is -3.36. The number of ether oxygens (including phenoxy) is 1. The molecule has 0 saturated heterocycles. The maximum atomic E-state index is 16.7. The topological polar surface area (TPSA) is 103 Å². The van der Waals surface area contributed by atoms with E-state index in [0.29, 0.717) is 49.5 Å². The van der Waals surface area contributed by atoms with E-state index in [-0.39, 0.29) is 17.2 Å². The number of halogens is 1. The number of aromatic nitrogens is 4. The number of fused-ring (bicyclic) bond motifs is 3. The molecule has 6 aliphatic rings. The Labute approximate surface area is 239 Å². The minimum Gasteiger partial charge on any atom is -0.464 e. The summed E-state index contributed by atoms with van der Waals surface area (Å²) in [5, 5.41) is 7.74. The van der Waals surface area contributed by atoms with Gasteiger partial charge in [0.25, 0.3) is 0 Å². The van der Waals surface area contributed by atoms with Gasteiger partial charge < -0.3 is 14.6 Å². The molecule has 1 amide bonds. The highest BCUT2D eigenvalue weighted by molar-refractivity contribution is 5.86. The van der Waals surface area contributed by atoms with E-state index >= 15 is 4.39 Å². The Morgan fingerprint density at radius 1 is 1.10 bits per heavy atom. The van der Waals surface area contributed by atoms with E-state index in [1.807, 2.05) is 39.0 Å². The molecule has 8 nitrogen and oxygen atoms in total. The fraction of sp³-hybridized carbons (Fsp3) is 0.594. The molecule has 2 unspecified atom stereocenters. The molecule has 2 heterocycles. The van der Waals surface area contributed by atoms with Gasteiger partial charge in [-0.3, -0.25) is 4.79 Å². The van der Waals surface area contributed by atoms with Gasteiger partial charge in [0, 0.05) is 40.1 Å². The lowest BCUT2D eigenvalue weighted by Crippen LogP contribution is -2.63. The number of benzene rings is 1. The molecule has 216 valence electrons. The Bertz CT molecular complexity index is 1430. The fourth-order valence-corrected chi connectivity index (χ4v) is 7.89. The van der Waals surface area contributed by atoms with Crippen LogP contribution in [0.2, 0.25) is 0 Å². The van der Waals surface area contributed by atoms with Gasteiger partial charge in [0.2, 0.25) is 11.8 Å². The van der Waals surface area contributed by atoms with Gasteiger partial charge in [0.05, 0.1) is 12.6 Å². The smallest absolute Gasteiger partial charge is 0.316 e. The first-order valence-corrected chi connectivity index (χ1v) is 15.1. The zero-order valence-corrected chi connectivity index (χ0v) is 24.0. The Morgan fingerprint density at radius 2 is 1.83 bits per heavy atom. The summed E-state index contributed by atoms with van der Waals surface area (Å²) in [6, 6.07) is 7.98. The first kappa shape index (κ1) is 26.5. The standard InChI is InChI=1S/C32H38FN5O3/c1-4-40-29-34-17-23(18-35-29)21-6-5-7-22(12-21)25(36-28(39)31-13-20(14-31)15-31)32-10-8-30(9-11-32,16-24(32)33)27-37-26(19(2)3)41-38-27/h5-7,12,17-20,24-25H,4,8-11,13-16H2,1-3H3,(H,36,39). The van der Waals surface area contributed by atoms with Crippen molar-refractivity contribution in [2.24, 2.45) is 16.7 Å². The highest BCUT2D eigenvalue weighted by atomic mass is 19.1. The van der Waals surface area contributed by atoms with Gasteiger partial charge in [-0.15, -0.1) is 0 Å². The summed E-state index contributed by atoms with van der Waals surface area (Å²) in [6.45, 7) is 6.43. The molecule has 2 aromatic heterocycles. The minimum absolute atomic E-state index is 0.0866. The van der Waals surface area contributed by atoms with Crippen LogP contribution in [0.1, 0.15) is 101 Å². The molecule has 2 atom stereocenters. The quantitative estimate of drug-likeness (QED) is 0.331. The average molecular weight is 560 g/mol. The van der Waals surface area contributed by atoms with Gasteiger partial charge in [-0.25, -0.2) is 14.4 Å². The van der Waals surface area contributed by atoms with E-state index in [1.54, 1.807) is 12.4 Å². The third kappa shape index (κ3) is 4.17. The summed E-state index contributed by atoms with van der Waals surface area (Å²) in [7, 11) is 0. The predicted molar refractivity (Wildman–Crippen MR) is 150 cm³/mol. The van der Waals surface area contributed by atoms with Crippen molar-refractivity contribution in [3.05, 3.63) is 53.9 Å². The highest BCUT2D eigenvalue weighted by Gasteiger charge is 2.64. The van der Waals surface area contributed by atoms with Gasteiger partial charge in [-0.1, -0.05) is 37.2 Å².